The number of para-hydroxylation sites is 1. The van der Waals surface area contributed by atoms with Crippen molar-refractivity contribution in [3.63, 3.8) is 0 Å². The average Bonchev–Trinajstić information content (AvgIpc) is 2.93. The first-order chi connectivity index (χ1) is 18.2. The number of carbonyl (C=O) groups excluding carboxylic acids is 1. The molecule has 2 rings (SSSR count). The SMILES string of the molecule is CCCCCCCCc1ccc(CCC(N)(CO)COP(=O)(NC(C)C(=O)OC)Oc2ccccc2)cc1. The number of unbranched alkanes of at least 4 members (excludes halogenated alkanes) is 5. The molecule has 3 unspecified atom stereocenters. The van der Waals surface area contributed by atoms with Gasteiger partial charge in [-0.3, -0.25) is 9.32 Å². The number of aliphatic hydroxyl groups excluding tert-OH is 1. The fraction of sp³-hybridized carbons (Fsp3) is 0.552. The normalized spacial score (nSPS) is 15.3. The third kappa shape index (κ3) is 11.7. The van der Waals surface area contributed by atoms with Crippen LogP contribution in [0.5, 0.6) is 5.75 Å². The molecule has 8 nitrogen and oxygen atoms in total. The van der Waals surface area contributed by atoms with Crippen molar-refractivity contribution in [2.24, 2.45) is 5.73 Å². The first-order valence-electron chi connectivity index (χ1n) is 13.5. The van der Waals surface area contributed by atoms with E-state index in [4.69, 9.17) is 19.5 Å². The number of methoxy groups -OCH3 is 1. The molecule has 0 spiro atoms. The Bertz CT molecular complexity index is 988. The summed E-state index contributed by atoms with van der Waals surface area (Å²) in [5, 5.41) is 12.6. The predicted octanol–water partition coefficient (Wildman–Crippen LogP) is 5.57. The van der Waals surface area contributed by atoms with E-state index in [9.17, 15) is 14.5 Å². The van der Waals surface area contributed by atoms with Gasteiger partial charge in [0.05, 0.1) is 25.9 Å². The Labute approximate surface area is 227 Å². The number of aryl methyl sites for hydroxylation is 2. The topological polar surface area (TPSA) is 120 Å². The highest BCUT2D eigenvalue weighted by Crippen LogP contribution is 2.45. The van der Waals surface area contributed by atoms with Crippen LogP contribution in [0.3, 0.4) is 0 Å². The maximum Gasteiger partial charge on any atom is 0.459 e. The van der Waals surface area contributed by atoms with E-state index in [1.165, 1.54) is 58.1 Å². The molecule has 0 aromatic heterocycles. The lowest BCUT2D eigenvalue weighted by Crippen LogP contribution is -2.49. The first kappa shape index (κ1) is 32.0. The van der Waals surface area contributed by atoms with Crippen LogP contribution in [0.25, 0.3) is 0 Å². The maximum absolute atomic E-state index is 13.5. The zero-order valence-corrected chi connectivity index (χ0v) is 24.0. The molecule has 9 heteroatoms. The van der Waals surface area contributed by atoms with Crippen molar-refractivity contribution < 1.29 is 28.3 Å². The molecule has 2 aromatic rings. The van der Waals surface area contributed by atoms with E-state index in [1.54, 1.807) is 30.3 Å². The smallest absolute Gasteiger partial charge is 0.459 e. The second kappa shape index (κ2) is 16.7. The highest BCUT2D eigenvalue weighted by Gasteiger charge is 2.35. The number of nitrogens with two attached hydrogens (primary N) is 1. The molecule has 38 heavy (non-hydrogen) atoms. The third-order valence-electron chi connectivity index (χ3n) is 6.47. The van der Waals surface area contributed by atoms with Gasteiger partial charge in [0.25, 0.3) is 0 Å². The van der Waals surface area contributed by atoms with Crippen molar-refractivity contribution in [3.8, 4) is 5.75 Å². The van der Waals surface area contributed by atoms with Crippen molar-refractivity contribution in [1.29, 1.82) is 0 Å². The van der Waals surface area contributed by atoms with Gasteiger partial charge in [0, 0.05) is 0 Å². The molecule has 0 saturated carbocycles. The van der Waals surface area contributed by atoms with E-state index in [-0.39, 0.29) is 13.2 Å². The van der Waals surface area contributed by atoms with Gasteiger partial charge in [0.1, 0.15) is 11.8 Å². The third-order valence-corrected chi connectivity index (χ3v) is 8.09. The number of benzene rings is 2. The van der Waals surface area contributed by atoms with Gasteiger partial charge in [-0.25, -0.2) is 4.57 Å². The van der Waals surface area contributed by atoms with Crippen LogP contribution in [0.4, 0.5) is 0 Å². The van der Waals surface area contributed by atoms with Crippen LogP contribution in [0.1, 0.15) is 69.9 Å². The molecule has 3 atom stereocenters. The number of hydrogen-bond acceptors (Lipinski definition) is 7. The van der Waals surface area contributed by atoms with Crippen LogP contribution in [-0.2, 0) is 31.5 Å². The zero-order chi connectivity index (χ0) is 27.9. The van der Waals surface area contributed by atoms with Gasteiger partial charge in [0.15, 0.2) is 0 Å². The van der Waals surface area contributed by atoms with Gasteiger partial charge >= 0.3 is 13.7 Å². The lowest BCUT2D eigenvalue weighted by Gasteiger charge is -2.30. The Morgan fingerprint density at radius 3 is 2.21 bits per heavy atom. The van der Waals surface area contributed by atoms with Gasteiger partial charge in [-0.15, -0.1) is 0 Å². The average molecular weight is 549 g/mol. The molecule has 0 bridgehead atoms. The number of nitrogens with one attached hydrogen (secondary N) is 1. The first-order valence-corrected chi connectivity index (χ1v) is 15.1. The molecule has 4 N–H and O–H groups in total. The van der Waals surface area contributed by atoms with Gasteiger partial charge < -0.3 is 20.1 Å². The van der Waals surface area contributed by atoms with Crippen molar-refractivity contribution >= 4 is 13.7 Å². The second-order valence-corrected chi connectivity index (χ2v) is 11.6. The lowest BCUT2D eigenvalue weighted by molar-refractivity contribution is -0.142. The molecule has 0 aliphatic rings. The maximum atomic E-state index is 13.5. The minimum atomic E-state index is -4.04. The van der Waals surface area contributed by atoms with E-state index in [0.717, 1.165) is 12.0 Å². The summed E-state index contributed by atoms with van der Waals surface area (Å²) in [5.74, 6) is -0.320. The number of aliphatic hydroxyl groups is 1. The van der Waals surface area contributed by atoms with Crippen LogP contribution < -0.4 is 15.3 Å². The largest absolute Gasteiger partial charge is 0.468 e. The predicted molar refractivity (Wildman–Crippen MR) is 151 cm³/mol. The quantitative estimate of drug-likeness (QED) is 0.118. The Morgan fingerprint density at radius 1 is 1.00 bits per heavy atom. The summed E-state index contributed by atoms with van der Waals surface area (Å²) in [7, 11) is -2.80. The molecule has 0 saturated heterocycles. The number of esters is 1. The summed E-state index contributed by atoms with van der Waals surface area (Å²) < 4.78 is 29.6. The fourth-order valence-electron chi connectivity index (χ4n) is 3.96. The minimum absolute atomic E-state index is 0.245. The number of carbonyl (C=O) groups is 1. The van der Waals surface area contributed by atoms with Crippen LogP contribution >= 0.6 is 7.75 Å². The number of ether oxygens (including phenoxy) is 1. The molecule has 0 heterocycles. The van der Waals surface area contributed by atoms with E-state index in [0.29, 0.717) is 18.6 Å². The molecule has 0 radical (unpaired) electrons. The van der Waals surface area contributed by atoms with Crippen molar-refractivity contribution in [3.05, 3.63) is 65.7 Å². The number of rotatable bonds is 19. The Hall–Kier alpha value is -2.22. The molecule has 0 aliphatic heterocycles. The molecule has 212 valence electrons. The van der Waals surface area contributed by atoms with Crippen LogP contribution in [0, 0.1) is 0 Å². The summed E-state index contributed by atoms with van der Waals surface area (Å²) in [4.78, 5) is 11.9. The second-order valence-electron chi connectivity index (χ2n) is 9.90. The van der Waals surface area contributed by atoms with E-state index in [1.807, 2.05) is 0 Å². The monoisotopic (exact) mass is 548 g/mol. The summed E-state index contributed by atoms with van der Waals surface area (Å²) in [6.45, 7) is 3.10. The van der Waals surface area contributed by atoms with Gasteiger partial charge in [0.2, 0.25) is 0 Å². The standard InChI is InChI=1S/C29H45N2O6P/c1-4-5-6-7-8-10-13-25-16-18-26(19-17-25)20-21-29(30,22-32)23-36-38(34,31-24(2)28(33)35-3)37-27-14-11-9-12-15-27/h9,11-12,14-19,24,32H,4-8,10,13,20-23,30H2,1-3H3,(H,31,34). The Balaban J connectivity index is 1.94. The molecule has 2 aromatic carbocycles. The molecule has 0 aliphatic carbocycles. The van der Waals surface area contributed by atoms with Crippen molar-refractivity contribution in [1.82, 2.24) is 5.09 Å². The van der Waals surface area contributed by atoms with Crippen LogP contribution in [0.2, 0.25) is 0 Å². The van der Waals surface area contributed by atoms with E-state index < -0.39 is 25.3 Å². The van der Waals surface area contributed by atoms with Gasteiger partial charge in [-0.05, 0) is 55.9 Å². The highest BCUT2D eigenvalue weighted by atomic mass is 31.2. The summed E-state index contributed by atoms with van der Waals surface area (Å²) in [6, 6.07) is 16.0. The summed E-state index contributed by atoms with van der Waals surface area (Å²) in [6.07, 6.45) is 9.76. The van der Waals surface area contributed by atoms with Crippen LogP contribution in [0.15, 0.2) is 54.6 Å². The molecule has 0 amide bonds. The van der Waals surface area contributed by atoms with Crippen LogP contribution in [-0.4, -0.2) is 43.0 Å². The summed E-state index contributed by atoms with van der Waals surface area (Å²) in [5.41, 5.74) is 7.69. The van der Waals surface area contributed by atoms with Crippen molar-refractivity contribution in [2.75, 3.05) is 20.3 Å². The number of hydrogen-bond donors (Lipinski definition) is 3. The fourth-order valence-corrected chi connectivity index (χ4v) is 5.55. The Kier molecular flexibility index (Phi) is 14.0. The Morgan fingerprint density at radius 2 is 1.61 bits per heavy atom. The molecular weight excluding hydrogens is 503 g/mol. The zero-order valence-electron chi connectivity index (χ0n) is 23.1. The summed E-state index contributed by atoms with van der Waals surface area (Å²) >= 11 is 0. The van der Waals surface area contributed by atoms with E-state index >= 15 is 0 Å². The molecular formula is C29H45N2O6P. The van der Waals surface area contributed by atoms with Gasteiger partial charge in [-0.1, -0.05) is 81.5 Å². The lowest BCUT2D eigenvalue weighted by atomic mass is 9.93. The van der Waals surface area contributed by atoms with E-state index in [2.05, 4.69) is 36.3 Å². The van der Waals surface area contributed by atoms with Gasteiger partial charge in [-0.2, -0.15) is 5.09 Å². The van der Waals surface area contributed by atoms with Crippen molar-refractivity contribution in [2.45, 2.75) is 83.2 Å². The highest BCUT2D eigenvalue weighted by molar-refractivity contribution is 7.52. The molecule has 0 fully saturated rings. The minimum Gasteiger partial charge on any atom is -0.468 e.